The normalized spacial score (nSPS) is 12.2. The SMILES string of the molecule is Cc1c(COc2cc(OCc3cncc(C#N)c3)c(CNC[C@@H](O)CC(=O)O)cc2Cl)cccc1-c1cccc(-c2nc3c(Cl)cc(CNC[C@@H](O)CC(=O)O)cn3n2)c1C. The number of aromatic nitrogens is 4. The Hall–Kier alpha value is -6.12. The van der Waals surface area contributed by atoms with Crippen molar-refractivity contribution in [3.63, 3.8) is 0 Å². The number of hydrogen-bond donors (Lipinski definition) is 6. The number of halogens is 2. The van der Waals surface area contributed by atoms with Crippen molar-refractivity contribution in [1.29, 1.82) is 5.26 Å². The van der Waals surface area contributed by atoms with E-state index in [-0.39, 0.29) is 39.3 Å². The number of benzene rings is 3. The van der Waals surface area contributed by atoms with Crippen molar-refractivity contribution in [3.05, 3.63) is 128 Å². The van der Waals surface area contributed by atoms with Crippen LogP contribution in [0.15, 0.2) is 79.3 Å². The monoisotopic (exact) mass is 867 g/mol. The van der Waals surface area contributed by atoms with Gasteiger partial charge >= 0.3 is 11.9 Å². The summed E-state index contributed by atoms with van der Waals surface area (Å²) >= 11 is 13.4. The summed E-state index contributed by atoms with van der Waals surface area (Å²) < 4.78 is 14.1. The maximum atomic E-state index is 11.0. The number of rotatable bonds is 20. The van der Waals surface area contributed by atoms with Crippen LogP contribution >= 0.6 is 23.2 Å². The number of aliphatic hydroxyl groups excluding tert-OH is 2. The molecule has 3 heterocycles. The minimum absolute atomic E-state index is 0.0311. The number of carbonyl (C=O) groups is 2. The van der Waals surface area contributed by atoms with Gasteiger partial charge in [-0.2, -0.15) is 5.26 Å². The fourth-order valence-electron chi connectivity index (χ4n) is 6.72. The molecule has 2 atom stereocenters. The number of aliphatic carboxylic acids is 2. The van der Waals surface area contributed by atoms with Crippen LogP contribution in [0.2, 0.25) is 10.0 Å². The number of ether oxygens (including phenoxy) is 2. The molecule has 0 spiro atoms. The Morgan fingerprint density at radius 2 is 1.44 bits per heavy atom. The van der Waals surface area contributed by atoms with E-state index in [0.29, 0.717) is 56.3 Å². The molecule has 0 bridgehead atoms. The van der Waals surface area contributed by atoms with E-state index in [2.05, 4.69) is 21.7 Å². The Balaban J connectivity index is 1.20. The van der Waals surface area contributed by atoms with Crippen LogP contribution in [0.5, 0.6) is 11.5 Å². The first-order valence-electron chi connectivity index (χ1n) is 19.2. The summed E-state index contributed by atoms with van der Waals surface area (Å²) in [6.45, 7) is 4.97. The molecule has 6 rings (SSSR count). The molecule has 0 saturated carbocycles. The second-order valence-electron chi connectivity index (χ2n) is 14.4. The summed E-state index contributed by atoms with van der Waals surface area (Å²) in [5.41, 5.74) is 8.57. The second-order valence-corrected chi connectivity index (χ2v) is 15.2. The lowest BCUT2D eigenvalue weighted by molar-refractivity contribution is -0.140. The van der Waals surface area contributed by atoms with Crippen molar-refractivity contribution < 1.29 is 39.5 Å². The molecule has 0 radical (unpaired) electrons. The number of aliphatic hydroxyl groups is 2. The van der Waals surface area contributed by atoms with E-state index in [1.54, 1.807) is 41.2 Å². The van der Waals surface area contributed by atoms with Crippen LogP contribution in [0.3, 0.4) is 0 Å². The quantitative estimate of drug-likeness (QED) is 0.0498. The van der Waals surface area contributed by atoms with Crippen LogP contribution in [0, 0.1) is 25.2 Å². The predicted octanol–water partition coefficient (Wildman–Crippen LogP) is 6.26. The average Bonchev–Trinajstić information content (AvgIpc) is 3.65. The van der Waals surface area contributed by atoms with Crippen LogP contribution in [-0.4, -0.2) is 77.2 Å². The smallest absolute Gasteiger partial charge is 0.306 e. The van der Waals surface area contributed by atoms with Crippen LogP contribution in [-0.2, 0) is 35.9 Å². The summed E-state index contributed by atoms with van der Waals surface area (Å²) in [4.78, 5) is 30.7. The fourth-order valence-corrected chi connectivity index (χ4v) is 7.23. The molecule has 17 heteroatoms. The first-order valence-corrected chi connectivity index (χ1v) is 19.9. The molecule has 0 aliphatic carbocycles. The Morgan fingerprint density at radius 1 is 0.787 bits per heavy atom. The minimum Gasteiger partial charge on any atom is -0.488 e. The molecule has 0 fully saturated rings. The standard InChI is InChI=1S/C44H43Cl2N7O8/c1-25-30(24-61-40-14-39(60-23-29-9-27(15-47)16-48-18-29)31(11-37(40)45)19-50-21-33(55)13-42(58)59)5-3-6-34(25)35-7-4-8-36(26(35)2)43-51-44-38(46)10-28(22-53(44)52-43)17-49-20-32(54)12-41(56)57/h3-11,14,16,18,22,32-33,49-50,54-55H,12-13,17,19-21,23-24H2,1-2H3,(H,56,57)(H,58,59)/t32-,33-/m0/s1. The van der Waals surface area contributed by atoms with Gasteiger partial charge in [0, 0.05) is 67.5 Å². The summed E-state index contributed by atoms with van der Waals surface area (Å²) in [7, 11) is 0. The third kappa shape index (κ3) is 11.6. The molecule has 0 saturated heterocycles. The van der Waals surface area contributed by atoms with Gasteiger partial charge in [-0.25, -0.2) is 9.50 Å². The zero-order chi connectivity index (χ0) is 43.6. The van der Waals surface area contributed by atoms with E-state index in [4.69, 9.17) is 53.0 Å². The number of pyridine rings is 2. The molecule has 61 heavy (non-hydrogen) atoms. The van der Waals surface area contributed by atoms with Gasteiger partial charge in [-0.05, 0) is 65.4 Å². The lowest BCUT2D eigenvalue weighted by Gasteiger charge is -2.18. The first-order chi connectivity index (χ1) is 29.3. The second kappa shape index (κ2) is 20.4. The van der Waals surface area contributed by atoms with Gasteiger partial charge in [0.15, 0.2) is 11.5 Å². The molecule has 0 amide bonds. The van der Waals surface area contributed by atoms with Crippen molar-refractivity contribution in [2.24, 2.45) is 0 Å². The van der Waals surface area contributed by atoms with E-state index >= 15 is 0 Å². The van der Waals surface area contributed by atoms with Crippen molar-refractivity contribution in [3.8, 4) is 40.1 Å². The number of hydrogen-bond acceptors (Lipinski definition) is 12. The molecular formula is C44H43Cl2N7O8. The van der Waals surface area contributed by atoms with Crippen LogP contribution in [0.25, 0.3) is 28.2 Å². The van der Waals surface area contributed by atoms with Gasteiger partial charge in [-0.15, -0.1) is 5.10 Å². The first kappa shape index (κ1) is 44.4. The predicted molar refractivity (Wildman–Crippen MR) is 227 cm³/mol. The fraction of sp³-hybridized carbons (Fsp3) is 0.273. The molecule has 3 aromatic carbocycles. The maximum Gasteiger partial charge on any atom is 0.306 e. The number of carboxylic acid groups (broad SMARTS) is 2. The van der Waals surface area contributed by atoms with Gasteiger partial charge in [-0.1, -0.05) is 59.6 Å². The average molecular weight is 869 g/mol. The number of nitriles is 1. The molecular weight excluding hydrogens is 825 g/mol. The Labute approximate surface area is 361 Å². The highest BCUT2D eigenvalue weighted by Gasteiger charge is 2.19. The van der Waals surface area contributed by atoms with Crippen molar-refractivity contribution in [2.45, 2.75) is 65.2 Å². The van der Waals surface area contributed by atoms with Crippen molar-refractivity contribution in [1.82, 2.24) is 30.2 Å². The minimum atomic E-state index is -1.11. The van der Waals surface area contributed by atoms with Gasteiger partial charge in [0.05, 0.1) is 40.7 Å². The lowest BCUT2D eigenvalue weighted by atomic mass is 9.91. The third-order valence-corrected chi connectivity index (χ3v) is 10.4. The van der Waals surface area contributed by atoms with Gasteiger partial charge in [0.2, 0.25) is 0 Å². The Bertz CT molecular complexity index is 2600. The zero-order valence-electron chi connectivity index (χ0n) is 33.2. The van der Waals surface area contributed by atoms with Crippen molar-refractivity contribution >= 4 is 40.8 Å². The lowest BCUT2D eigenvalue weighted by Crippen LogP contribution is -2.28. The van der Waals surface area contributed by atoms with Crippen LogP contribution in [0.4, 0.5) is 0 Å². The Morgan fingerprint density at radius 3 is 2.15 bits per heavy atom. The van der Waals surface area contributed by atoms with Crippen LogP contribution in [0.1, 0.15) is 51.8 Å². The van der Waals surface area contributed by atoms with Gasteiger partial charge in [0.25, 0.3) is 0 Å². The van der Waals surface area contributed by atoms with E-state index in [1.165, 1.54) is 6.20 Å². The molecule has 0 aliphatic rings. The van der Waals surface area contributed by atoms with E-state index in [1.807, 2.05) is 50.2 Å². The highest BCUT2D eigenvalue weighted by Crippen LogP contribution is 2.37. The number of fused-ring (bicyclic) bond motifs is 1. The molecule has 6 N–H and O–H groups in total. The number of carboxylic acids is 2. The summed E-state index contributed by atoms with van der Waals surface area (Å²) in [6, 6.07) is 20.8. The highest BCUT2D eigenvalue weighted by molar-refractivity contribution is 6.33. The number of nitrogens with one attached hydrogen (secondary N) is 2. The van der Waals surface area contributed by atoms with E-state index in [0.717, 1.165) is 38.9 Å². The van der Waals surface area contributed by atoms with Gasteiger partial charge in [0.1, 0.15) is 30.8 Å². The summed E-state index contributed by atoms with van der Waals surface area (Å²) in [5.74, 6) is -0.900. The van der Waals surface area contributed by atoms with Crippen molar-refractivity contribution in [2.75, 3.05) is 13.1 Å². The molecule has 0 aliphatic heterocycles. The molecule has 15 nitrogen and oxygen atoms in total. The molecule has 3 aromatic heterocycles. The number of nitrogens with zero attached hydrogens (tertiary/aromatic N) is 5. The summed E-state index contributed by atoms with van der Waals surface area (Å²) in [5, 5.41) is 58.7. The van der Waals surface area contributed by atoms with E-state index in [9.17, 15) is 25.1 Å². The Kier molecular flexibility index (Phi) is 14.9. The topological polar surface area (TPSA) is 224 Å². The largest absolute Gasteiger partial charge is 0.488 e. The zero-order valence-corrected chi connectivity index (χ0v) is 34.7. The highest BCUT2D eigenvalue weighted by atomic mass is 35.5. The maximum absolute atomic E-state index is 11.0. The third-order valence-electron chi connectivity index (χ3n) is 9.80. The van der Waals surface area contributed by atoms with Gasteiger partial charge in [-0.3, -0.25) is 14.6 Å². The molecule has 6 aromatic rings. The van der Waals surface area contributed by atoms with Gasteiger partial charge < -0.3 is 40.5 Å². The molecule has 316 valence electrons. The van der Waals surface area contributed by atoms with Crippen LogP contribution < -0.4 is 20.1 Å². The molecule has 0 unspecified atom stereocenters. The summed E-state index contributed by atoms with van der Waals surface area (Å²) in [6.07, 6.45) is 1.98. The van der Waals surface area contributed by atoms with E-state index < -0.39 is 30.6 Å².